The maximum Gasteiger partial charge on any atom is 0.242 e. The van der Waals surface area contributed by atoms with Crippen molar-refractivity contribution in [2.75, 3.05) is 19.8 Å². The number of nitrogens with one attached hydrogen (secondary N) is 1. The molecule has 2 fully saturated rings. The van der Waals surface area contributed by atoms with Gasteiger partial charge in [-0.15, -0.1) is 0 Å². The Hall–Kier alpha value is -1.02. The first-order valence-corrected chi connectivity index (χ1v) is 8.72. The number of aromatic nitrogens is 1. The van der Waals surface area contributed by atoms with Crippen molar-refractivity contribution in [1.82, 2.24) is 9.71 Å². The van der Waals surface area contributed by atoms with Gasteiger partial charge in [-0.25, -0.2) is 13.1 Å². The normalized spacial score (nSPS) is 25.8. The molecule has 6 nitrogen and oxygen atoms in total. The molecule has 0 radical (unpaired) electrons. The molecule has 0 amide bonds. The minimum atomic E-state index is -3.51. The highest BCUT2D eigenvalue weighted by molar-refractivity contribution is 7.89. The lowest BCUT2D eigenvalue weighted by Crippen LogP contribution is -2.50. The molecule has 1 atom stereocenters. The number of ether oxygens (including phenoxy) is 2. The summed E-state index contributed by atoms with van der Waals surface area (Å²) >= 11 is 0. The highest BCUT2D eigenvalue weighted by Crippen LogP contribution is 2.34. The Bertz CT molecular complexity index is 564. The Morgan fingerprint density at radius 2 is 2.10 bits per heavy atom. The lowest BCUT2D eigenvalue weighted by molar-refractivity contribution is -0.138. The van der Waals surface area contributed by atoms with Gasteiger partial charge in [-0.3, -0.25) is 4.98 Å². The SMILES string of the molecule is O=S(=O)(NC1CCOC2(CCOCC2)C1)c1cccnc1. The van der Waals surface area contributed by atoms with Crippen LogP contribution in [0.2, 0.25) is 0 Å². The van der Waals surface area contributed by atoms with E-state index in [0.29, 0.717) is 32.7 Å². The lowest BCUT2D eigenvalue weighted by atomic mass is 9.84. The second-order valence-electron chi connectivity index (χ2n) is 5.64. The first-order valence-electron chi connectivity index (χ1n) is 7.24. The summed E-state index contributed by atoms with van der Waals surface area (Å²) < 4.78 is 38.8. The number of hydrogen-bond acceptors (Lipinski definition) is 5. The fourth-order valence-electron chi connectivity index (χ4n) is 3.01. The highest BCUT2D eigenvalue weighted by atomic mass is 32.2. The zero-order valence-corrected chi connectivity index (χ0v) is 12.6. The van der Waals surface area contributed by atoms with Crippen molar-refractivity contribution >= 4 is 10.0 Å². The maximum atomic E-state index is 12.4. The van der Waals surface area contributed by atoms with Crippen molar-refractivity contribution < 1.29 is 17.9 Å². The Balaban J connectivity index is 1.70. The minimum Gasteiger partial charge on any atom is -0.381 e. The van der Waals surface area contributed by atoms with E-state index in [4.69, 9.17) is 9.47 Å². The summed E-state index contributed by atoms with van der Waals surface area (Å²) in [6, 6.07) is 3.08. The number of rotatable bonds is 3. The summed E-state index contributed by atoms with van der Waals surface area (Å²) in [6.45, 7) is 1.95. The molecule has 1 unspecified atom stereocenters. The first kappa shape index (κ1) is 14.9. The van der Waals surface area contributed by atoms with Crippen molar-refractivity contribution in [3.05, 3.63) is 24.5 Å². The lowest BCUT2D eigenvalue weighted by Gasteiger charge is -2.43. The van der Waals surface area contributed by atoms with E-state index in [9.17, 15) is 8.42 Å². The summed E-state index contributed by atoms with van der Waals surface area (Å²) in [4.78, 5) is 4.07. The van der Waals surface area contributed by atoms with Crippen molar-refractivity contribution in [2.24, 2.45) is 0 Å². The van der Waals surface area contributed by atoms with E-state index in [2.05, 4.69) is 9.71 Å². The average molecular weight is 312 g/mol. The second kappa shape index (κ2) is 6.00. The van der Waals surface area contributed by atoms with Crippen LogP contribution >= 0.6 is 0 Å². The van der Waals surface area contributed by atoms with Crippen LogP contribution in [0.4, 0.5) is 0 Å². The Morgan fingerprint density at radius 1 is 1.29 bits per heavy atom. The van der Waals surface area contributed by atoms with Crippen molar-refractivity contribution in [3.63, 3.8) is 0 Å². The van der Waals surface area contributed by atoms with Gasteiger partial charge in [0.15, 0.2) is 0 Å². The van der Waals surface area contributed by atoms with E-state index in [-0.39, 0.29) is 16.5 Å². The molecular formula is C14H20N2O4S. The van der Waals surface area contributed by atoms with Crippen LogP contribution in [0.25, 0.3) is 0 Å². The molecule has 3 rings (SSSR count). The zero-order chi connectivity index (χ0) is 14.8. The standard InChI is InChI=1S/C14H20N2O4S/c17-21(18,13-2-1-6-15-11-13)16-12-3-7-20-14(10-12)4-8-19-9-5-14/h1-2,6,11-12,16H,3-5,7-10H2. The Labute approximate surface area is 124 Å². The van der Waals surface area contributed by atoms with Gasteiger partial charge in [-0.05, 0) is 37.8 Å². The number of hydrogen-bond donors (Lipinski definition) is 1. The van der Waals surface area contributed by atoms with E-state index in [1.807, 2.05) is 0 Å². The van der Waals surface area contributed by atoms with Crippen molar-refractivity contribution in [2.45, 2.75) is 42.2 Å². The van der Waals surface area contributed by atoms with Crippen LogP contribution in [-0.2, 0) is 19.5 Å². The fraction of sp³-hybridized carbons (Fsp3) is 0.643. The van der Waals surface area contributed by atoms with Gasteiger partial charge in [-0.2, -0.15) is 0 Å². The predicted octanol–water partition coefficient (Wildman–Crippen LogP) is 1.09. The molecule has 21 heavy (non-hydrogen) atoms. The smallest absolute Gasteiger partial charge is 0.242 e. The number of nitrogens with zero attached hydrogens (tertiary/aromatic N) is 1. The van der Waals surface area contributed by atoms with Crippen LogP contribution in [0.5, 0.6) is 0 Å². The third-order valence-electron chi connectivity index (χ3n) is 4.16. The van der Waals surface area contributed by atoms with Crippen molar-refractivity contribution in [3.8, 4) is 0 Å². The van der Waals surface area contributed by atoms with Gasteiger partial charge >= 0.3 is 0 Å². The van der Waals surface area contributed by atoms with Gasteiger partial charge in [0.1, 0.15) is 4.90 Å². The molecule has 1 N–H and O–H groups in total. The molecule has 116 valence electrons. The van der Waals surface area contributed by atoms with E-state index in [1.165, 1.54) is 6.20 Å². The third-order valence-corrected chi connectivity index (χ3v) is 5.67. The van der Waals surface area contributed by atoms with Crippen LogP contribution in [0, 0.1) is 0 Å². The molecule has 2 aliphatic rings. The van der Waals surface area contributed by atoms with Crippen LogP contribution in [-0.4, -0.2) is 44.9 Å². The van der Waals surface area contributed by atoms with E-state index in [0.717, 1.165) is 12.8 Å². The molecule has 0 bridgehead atoms. The second-order valence-corrected chi connectivity index (χ2v) is 7.36. The first-order chi connectivity index (χ1) is 10.1. The van der Waals surface area contributed by atoms with Crippen LogP contribution in [0.15, 0.2) is 29.4 Å². The zero-order valence-electron chi connectivity index (χ0n) is 11.8. The molecule has 1 spiro atoms. The molecule has 0 saturated carbocycles. The van der Waals surface area contributed by atoms with Gasteiger partial charge < -0.3 is 9.47 Å². The molecule has 1 aromatic rings. The van der Waals surface area contributed by atoms with E-state index >= 15 is 0 Å². The summed E-state index contributed by atoms with van der Waals surface area (Å²) in [5.41, 5.74) is -0.224. The van der Waals surface area contributed by atoms with Gasteiger partial charge in [0.05, 0.1) is 5.60 Å². The maximum absolute atomic E-state index is 12.4. The molecule has 2 aliphatic heterocycles. The molecule has 1 aromatic heterocycles. The van der Waals surface area contributed by atoms with Gasteiger partial charge in [0.2, 0.25) is 10.0 Å². The van der Waals surface area contributed by atoms with Crippen LogP contribution in [0.1, 0.15) is 25.7 Å². The fourth-order valence-corrected chi connectivity index (χ4v) is 4.25. The quantitative estimate of drug-likeness (QED) is 0.904. The van der Waals surface area contributed by atoms with E-state index in [1.54, 1.807) is 18.3 Å². The minimum absolute atomic E-state index is 0.0953. The summed E-state index contributed by atoms with van der Waals surface area (Å²) in [5.74, 6) is 0. The Morgan fingerprint density at radius 3 is 2.81 bits per heavy atom. The largest absolute Gasteiger partial charge is 0.381 e. The average Bonchev–Trinajstić information content (AvgIpc) is 2.48. The van der Waals surface area contributed by atoms with Crippen LogP contribution in [0.3, 0.4) is 0 Å². The number of pyridine rings is 1. The summed E-state index contributed by atoms with van der Waals surface area (Å²) in [6.07, 6.45) is 5.99. The topological polar surface area (TPSA) is 77.5 Å². The van der Waals surface area contributed by atoms with Crippen molar-refractivity contribution in [1.29, 1.82) is 0 Å². The summed E-state index contributed by atoms with van der Waals surface area (Å²) in [7, 11) is -3.51. The highest BCUT2D eigenvalue weighted by Gasteiger charge is 2.40. The van der Waals surface area contributed by atoms with Crippen LogP contribution < -0.4 is 4.72 Å². The third kappa shape index (κ3) is 3.42. The molecule has 0 aromatic carbocycles. The van der Waals surface area contributed by atoms with Gasteiger partial charge in [0, 0.05) is 38.3 Å². The van der Waals surface area contributed by atoms with Gasteiger partial charge in [0.25, 0.3) is 0 Å². The molecule has 2 saturated heterocycles. The summed E-state index contributed by atoms with van der Waals surface area (Å²) in [5, 5.41) is 0. The monoisotopic (exact) mass is 312 g/mol. The molecular weight excluding hydrogens is 292 g/mol. The molecule has 3 heterocycles. The van der Waals surface area contributed by atoms with E-state index < -0.39 is 10.0 Å². The molecule has 0 aliphatic carbocycles. The molecule has 7 heteroatoms. The number of sulfonamides is 1. The van der Waals surface area contributed by atoms with Gasteiger partial charge in [-0.1, -0.05) is 0 Å². The Kier molecular flexibility index (Phi) is 4.26. The predicted molar refractivity (Wildman–Crippen MR) is 76.3 cm³/mol.